The number of halogens is 2. The number of rotatable bonds is 3. The van der Waals surface area contributed by atoms with Crippen LogP contribution in [0.1, 0.15) is 20.7 Å². The van der Waals surface area contributed by atoms with Crippen molar-refractivity contribution in [2.75, 3.05) is 7.11 Å². The monoisotopic (exact) mass is 292 g/mol. The van der Waals surface area contributed by atoms with Crippen LogP contribution in [0, 0.1) is 11.6 Å². The van der Waals surface area contributed by atoms with Crippen molar-refractivity contribution in [2.24, 2.45) is 0 Å². The Balaban J connectivity index is 2.56. The van der Waals surface area contributed by atoms with Crippen LogP contribution in [0.15, 0.2) is 36.4 Å². The zero-order chi connectivity index (χ0) is 15.6. The first kappa shape index (κ1) is 14.6. The van der Waals surface area contributed by atoms with Crippen molar-refractivity contribution in [3.8, 4) is 11.1 Å². The molecule has 0 saturated carbocycles. The summed E-state index contributed by atoms with van der Waals surface area (Å²) >= 11 is 0. The van der Waals surface area contributed by atoms with E-state index in [0.29, 0.717) is 0 Å². The zero-order valence-electron chi connectivity index (χ0n) is 10.9. The molecule has 0 bridgehead atoms. The minimum Gasteiger partial charge on any atom is -0.478 e. The van der Waals surface area contributed by atoms with Crippen LogP contribution < -0.4 is 0 Å². The number of ether oxygens (including phenoxy) is 1. The lowest BCUT2D eigenvalue weighted by Crippen LogP contribution is -2.05. The van der Waals surface area contributed by atoms with Crippen molar-refractivity contribution in [3.05, 3.63) is 59.2 Å². The molecule has 0 aliphatic rings. The van der Waals surface area contributed by atoms with Gasteiger partial charge in [0.05, 0.1) is 18.2 Å². The number of benzene rings is 2. The van der Waals surface area contributed by atoms with Crippen LogP contribution in [0.4, 0.5) is 8.78 Å². The number of aromatic carboxylic acids is 1. The third-order valence-electron chi connectivity index (χ3n) is 2.90. The molecule has 0 amide bonds. The predicted molar refractivity (Wildman–Crippen MR) is 70.1 cm³/mol. The van der Waals surface area contributed by atoms with Crippen LogP contribution in [0.3, 0.4) is 0 Å². The van der Waals surface area contributed by atoms with Crippen molar-refractivity contribution in [3.63, 3.8) is 0 Å². The molecule has 0 aliphatic heterocycles. The molecule has 0 radical (unpaired) electrons. The van der Waals surface area contributed by atoms with Crippen LogP contribution in [0.25, 0.3) is 11.1 Å². The summed E-state index contributed by atoms with van der Waals surface area (Å²) in [5, 5.41) is 9.07. The summed E-state index contributed by atoms with van der Waals surface area (Å²) in [4.78, 5) is 22.4. The highest BCUT2D eigenvalue weighted by atomic mass is 19.1. The third kappa shape index (κ3) is 2.89. The lowest BCUT2D eigenvalue weighted by molar-refractivity contribution is 0.0594. The summed E-state index contributed by atoms with van der Waals surface area (Å²) in [6.45, 7) is 0. The Morgan fingerprint density at radius 2 is 1.76 bits per heavy atom. The average Bonchev–Trinajstić information content (AvgIpc) is 2.46. The Bertz CT molecular complexity index is 726. The topological polar surface area (TPSA) is 63.6 Å². The van der Waals surface area contributed by atoms with E-state index in [1.54, 1.807) is 0 Å². The van der Waals surface area contributed by atoms with Crippen LogP contribution in [0.5, 0.6) is 0 Å². The Morgan fingerprint density at radius 1 is 1.05 bits per heavy atom. The van der Waals surface area contributed by atoms with E-state index in [-0.39, 0.29) is 22.3 Å². The first-order valence-corrected chi connectivity index (χ1v) is 5.85. The smallest absolute Gasteiger partial charge is 0.340 e. The van der Waals surface area contributed by atoms with E-state index in [9.17, 15) is 18.4 Å². The highest BCUT2D eigenvalue weighted by Crippen LogP contribution is 2.26. The Kier molecular flexibility index (Phi) is 3.98. The van der Waals surface area contributed by atoms with Crippen LogP contribution in [-0.4, -0.2) is 24.2 Å². The fraction of sp³-hybridized carbons (Fsp3) is 0.0667. The van der Waals surface area contributed by atoms with Gasteiger partial charge >= 0.3 is 11.9 Å². The maximum absolute atomic E-state index is 13.9. The minimum atomic E-state index is -1.33. The number of carboxylic acid groups (broad SMARTS) is 1. The number of esters is 1. The standard InChI is InChI=1S/C15H10F2O4/c1-21-15(20)11-4-2-8(6-13(11)17)10-5-3-9(16)7-12(10)14(18)19/h2-7H,1H3,(H,18,19). The number of methoxy groups -OCH3 is 1. The maximum Gasteiger partial charge on any atom is 0.340 e. The van der Waals surface area contributed by atoms with Crippen molar-refractivity contribution >= 4 is 11.9 Å². The predicted octanol–water partition coefficient (Wildman–Crippen LogP) is 3.12. The van der Waals surface area contributed by atoms with Gasteiger partial charge in [-0.25, -0.2) is 18.4 Å². The van der Waals surface area contributed by atoms with Gasteiger partial charge in [-0.15, -0.1) is 0 Å². The van der Waals surface area contributed by atoms with Gasteiger partial charge in [0, 0.05) is 0 Å². The molecule has 1 N–H and O–H groups in total. The average molecular weight is 292 g/mol. The normalized spacial score (nSPS) is 10.2. The van der Waals surface area contributed by atoms with Crippen molar-refractivity contribution < 1.29 is 28.2 Å². The molecule has 21 heavy (non-hydrogen) atoms. The molecule has 0 aromatic heterocycles. The first-order chi connectivity index (χ1) is 9.93. The molecule has 4 nitrogen and oxygen atoms in total. The second-order valence-electron chi connectivity index (χ2n) is 4.18. The molecule has 0 aliphatic carbocycles. The second-order valence-corrected chi connectivity index (χ2v) is 4.18. The van der Waals surface area contributed by atoms with E-state index in [1.165, 1.54) is 18.2 Å². The molecule has 6 heteroatoms. The lowest BCUT2D eigenvalue weighted by Gasteiger charge is -2.08. The molecule has 0 saturated heterocycles. The molecule has 0 spiro atoms. The highest BCUT2D eigenvalue weighted by molar-refractivity contribution is 5.96. The Labute approximate surface area is 118 Å². The van der Waals surface area contributed by atoms with Gasteiger partial charge in [0.15, 0.2) is 0 Å². The van der Waals surface area contributed by atoms with E-state index >= 15 is 0 Å². The van der Waals surface area contributed by atoms with Gasteiger partial charge < -0.3 is 9.84 Å². The lowest BCUT2D eigenvalue weighted by atomic mass is 9.98. The third-order valence-corrected chi connectivity index (χ3v) is 2.90. The first-order valence-electron chi connectivity index (χ1n) is 5.85. The van der Waals surface area contributed by atoms with Gasteiger partial charge in [-0.05, 0) is 35.4 Å². The molecule has 2 aromatic rings. The SMILES string of the molecule is COC(=O)c1ccc(-c2ccc(F)cc2C(=O)O)cc1F. The van der Waals surface area contributed by atoms with E-state index in [4.69, 9.17) is 5.11 Å². The van der Waals surface area contributed by atoms with Gasteiger partial charge in [0.2, 0.25) is 0 Å². The highest BCUT2D eigenvalue weighted by Gasteiger charge is 2.17. The quantitative estimate of drug-likeness (QED) is 0.883. The van der Waals surface area contributed by atoms with E-state index < -0.39 is 23.6 Å². The number of carbonyl (C=O) groups excluding carboxylic acids is 1. The summed E-state index contributed by atoms with van der Waals surface area (Å²) in [5.41, 5.74) is -0.183. The van der Waals surface area contributed by atoms with Gasteiger partial charge in [-0.3, -0.25) is 0 Å². The summed E-state index contributed by atoms with van der Waals surface area (Å²) < 4.78 is 31.4. The molecular weight excluding hydrogens is 282 g/mol. The zero-order valence-corrected chi connectivity index (χ0v) is 10.9. The van der Waals surface area contributed by atoms with E-state index in [1.807, 2.05) is 0 Å². The fourth-order valence-electron chi connectivity index (χ4n) is 1.90. The van der Waals surface area contributed by atoms with Gasteiger partial charge in [-0.1, -0.05) is 12.1 Å². The van der Waals surface area contributed by atoms with Crippen LogP contribution in [0.2, 0.25) is 0 Å². The molecule has 0 atom stereocenters. The largest absolute Gasteiger partial charge is 0.478 e. The van der Waals surface area contributed by atoms with Crippen molar-refractivity contribution in [1.82, 2.24) is 0 Å². The molecule has 0 fully saturated rings. The van der Waals surface area contributed by atoms with Gasteiger partial charge in [-0.2, -0.15) is 0 Å². The Morgan fingerprint density at radius 3 is 2.33 bits per heavy atom. The molecule has 0 unspecified atom stereocenters. The molecule has 0 heterocycles. The maximum atomic E-state index is 13.9. The number of hydrogen-bond acceptors (Lipinski definition) is 3. The number of carbonyl (C=O) groups is 2. The second kappa shape index (κ2) is 5.70. The summed E-state index contributed by atoms with van der Waals surface area (Å²) in [6, 6.07) is 6.73. The summed E-state index contributed by atoms with van der Waals surface area (Å²) in [7, 11) is 1.12. The van der Waals surface area contributed by atoms with Gasteiger partial charge in [0.25, 0.3) is 0 Å². The summed E-state index contributed by atoms with van der Waals surface area (Å²) in [6.07, 6.45) is 0. The van der Waals surface area contributed by atoms with E-state index in [2.05, 4.69) is 4.74 Å². The van der Waals surface area contributed by atoms with Crippen LogP contribution >= 0.6 is 0 Å². The van der Waals surface area contributed by atoms with Gasteiger partial charge in [0.1, 0.15) is 11.6 Å². The minimum absolute atomic E-state index is 0.152. The van der Waals surface area contributed by atoms with Crippen molar-refractivity contribution in [2.45, 2.75) is 0 Å². The number of hydrogen-bond donors (Lipinski definition) is 1. The van der Waals surface area contributed by atoms with Crippen LogP contribution in [-0.2, 0) is 4.74 Å². The fourth-order valence-corrected chi connectivity index (χ4v) is 1.90. The Hall–Kier alpha value is -2.76. The van der Waals surface area contributed by atoms with E-state index in [0.717, 1.165) is 25.3 Å². The molecule has 2 aromatic carbocycles. The molecular formula is C15H10F2O4. The summed E-state index contributed by atoms with van der Waals surface area (Å²) in [5.74, 6) is -3.72. The number of carboxylic acids is 1. The molecule has 2 rings (SSSR count). The molecule has 108 valence electrons. The van der Waals surface area contributed by atoms with Crippen molar-refractivity contribution in [1.29, 1.82) is 0 Å².